The van der Waals surface area contributed by atoms with Gasteiger partial charge in [-0.3, -0.25) is 14.3 Å². The minimum atomic E-state index is -1.90. The number of carbonyl (C=O) groups excluding carboxylic acids is 1. The van der Waals surface area contributed by atoms with E-state index in [2.05, 4.69) is 9.97 Å². The number of alkyl halides is 1. The van der Waals surface area contributed by atoms with Crippen LogP contribution in [0.3, 0.4) is 0 Å². The lowest BCUT2D eigenvalue weighted by Crippen LogP contribution is -2.33. The van der Waals surface area contributed by atoms with Crippen molar-refractivity contribution in [2.75, 3.05) is 6.61 Å². The van der Waals surface area contributed by atoms with Crippen molar-refractivity contribution >= 4 is 5.91 Å². The Hall–Kier alpha value is -2.69. The second-order valence-electron chi connectivity index (χ2n) is 5.45. The monoisotopic (exact) mass is 350 g/mol. The van der Waals surface area contributed by atoms with Gasteiger partial charge in [-0.2, -0.15) is 4.98 Å². The summed E-state index contributed by atoms with van der Waals surface area (Å²) in [5, 5.41) is 18.7. The molecule has 1 aliphatic rings. The Kier molecular flexibility index (Phi) is 4.57. The maximum absolute atomic E-state index is 14.1. The fraction of sp³-hybridized carbons (Fsp3) is 0.333. The third-order valence-electron chi connectivity index (χ3n) is 3.89. The van der Waals surface area contributed by atoms with Crippen molar-refractivity contribution in [3.63, 3.8) is 0 Å². The number of nitrogens with zero attached hydrogens (tertiary/aromatic N) is 3. The summed E-state index contributed by atoms with van der Waals surface area (Å²) in [6, 6.07) is 4.31. The van der Waals surface area contributed by atoms with E-state index in [1.165, 1.54) is 30.6 Å². The quantitative estimate of drug-likeness (QED) is 0.642. The van der Waals surface area contributed by atoms with Gasteiger partial charge in [0.25, 0.3) is 5.91 Å². The molecule has 2 aromatic heterocycles. The molecule has 1 amide bonds. The van der Waals surface area contributed by atoms with Gasteiger partial charge in [-0.15, -0.1) is 0 Å². The number of aliphatic hydroxyl groups is 2. The lowest BCUT2D eigenvalue weighted by atomic mass is 10.1. The molecule has 3 heterocycles. The van der Waals surface area contributed by atoms with E-state index in [-0.39, 0.29) is 17.0 Å². The Morgan fingerprint density at radius 2 is 2.20 bits per heavy atom. The molecular weight excluding hydrogens is 335 g/mol. The highest BCUT2D eigenvalue weighted by Gasteiger charge is 2.45. The van der Waals surface area contributed by atoms with Gasteiger partial charge in [0.2, 0.25) is 0 Å². The molecule has 0 aliphatic carbocycles. The van der Waals surface area contributed by atoms with E-state index < -0.39 is 42.8 Å². The van der Waals surface area contributed by atoms with Crippen LogP contribution in [0.15, 0.2) is 35.4 Å². The Morgan fingerprint density at radius 1 is 1.44 bits per heavy atom. The molecule has 0 saturated carbocycles. The molecule has 0 radical (unpaired) electrons. The summed E-state index contributed by atoms with van der Waals surface area (Å²) < 4.78 is 20.2. The number of primary amides is 1. The molecule has 1 fully saturated rings. The van der Waals surface area contributed by atoms with Crippen LogP contribution in [0.4, 0.5) is 4.39 Å². The molecule has 132 valence electrons. The van der Waals surface area contributed by atoms with E-state index in [1.54, 1.807) is 0 Å². The first-order chi connectivity index (χ1) is 11.9. The van der Waals surface area contributed by atoms with Crippen LogP contribution in [0.5, 0.6) is 0 Å². The minimum absolute atomic E-state index is 0.0864. The number of aromatic nitrogens is 3. The van der Waals surface area contributed by atoms with Gasteiger partial charge in [0.1, 0.15) is 17.9 Å². The second-order valence-corrected chi connectivity index (χ2v) is 5.45. The molecule has 3 rings (SSSR count). The zero-order chi connectivity index (χ0) is 18.1. The number of hydrogen-bond acceptors (Lipinski definition) is 7. The van der Waals surface area contributed by atoms with E-state index in [1.807, 2.05) is 0 Å². The van der Waals surface area contributed by atoms with Crippen LogP contribution >= 0.6 is 0 Å². The number of ether oxygens (including phenoxy) is 1. The van der Waals surface area contributed by atoms with E-state index in [0.29, 0.717) is 0 Å². The van der Waals surface area contributed by atoms with Crippen LogP contribution in [0.1, 0.15) is 16.6 Å². The summed E-state index contributed by atoms with van der Waals surface area (Å²) >= 11 is 0. The Labute approximate surface area is 140 Å². The predicted molar refractivity (Wildman–Crippen MR) is 82.1 cm³/mol. The average molecular weight is 350 g/mol. The van der Waals surface area contributed by atoms with Gasteiger partial charge >= 0.3 is 5.69 Å². The molecule has 4 N–H and O–H groups in total. The maximum Gasteiger partial charge on any atom is 0.350 e. The zero-order valence-electron chi connectivity index (χ0n) is 12.8. The summed E-state index contributed by atoms with van der Waals surface area (Å²) in [4.78, 5) is 31.5. The maximum atomic E-state index is 14.1. The summed E-state index contributed by atoms with van der Waals surface area (Å²) in [5.74, 6) is -0.731. The third kappa shape index (κ3) is 3.02. The van der Waals surface area contributed by atoms with E-state index >= 15 is 0 Å². The Morgan fingerprint density at radius 3 is 2.80 bits per heavy atom. The van der Waals surface area contributed by atoms with Gasteiger partial charge in [0.15, 0.2) is 12.4 Å². The van der Waals surface area contributed by atoms with Crippen molar-refractivity contribution in [2.45, 2.75) is 24.6 Å². The van der Waals surface area contributed by atoms with Gasteiger partial charge in [0, 0.05) is 12.4 Å². The molecular formula is C15H15FN4O5. The van der Waals surface area contributed by atoms with Crippen molar-refractivity contribution in [1.82, 2.24) is 14.5 Å². The number of amides is 1. The molecule has 1 aliphatic heterocycles. The third-order valence-corrected chi connectivity index (χ3v) is 3.89. The van der Waals surface area contributed by atoms with Crippen molar-refractivity contribution in [3.05, 3.63) is 46.6 Å². The Bertz CT molecular complexity index is 858. The van der Waals surface area contributed by atoms with Crippen molar-refractivity contribution in [1.29, 1.82) is 0 Å². The first kappa shape index (κ1) is 17.1. The van der Waals surface area contributed by atoms with Crippen molar-refractivity contribution in [2.24, 2.45) is 5.73 Å². The second kappa shape index (κ2) is 6.67. The average Bonchev–Trinajstić information content (AvgIpc) is 2.89. The lowest BCUT2D eigenvalue weighted by Gasteiger charge is -2.16. The molecule has 9 nitrogen and oxygen atoms in total. The standard InChI is InChI=1S/C15H15FN4O5/c16-10-12(22)9(6-21)25-14(10)20-5-3-8(19-15(20)24)11-7(13(17)23)2-1-4-18-11/h1-5,9-10,12,14,21-22H,6H2,(H2,17,23)/t9-,10-,12-,14+/m1/s1. The van der Waals surface area contributed by atoms with Crippen molar-refractivity contribution < 1.29 is 24.1 Å². The number of carbonyl (C=O) groups is 1. The van der Waals surface area contributed by atoms with Gasteiger partial charge in [0.05, 0.1) is 17.9 Å². The highest BCUT2D eigenvalue weighted by atomic mass is 19.1. The normalized spacial score (nSPS) is 25.9. The largest absolute Gasteiger partial charge is 0.394 e. The molecule has 0 aromatic carbocycles. The molecule has 10 heteroatoms. The van der Waals surface area contributed by atoms with Crippen LogP contribution < -0.4 is 11.4 Å². The molecule has 0 unspecified atom stereocenters. The first-order valence-corrected chi connectivity index (χ1v) is 7.37. The first-order valence-electron chi connectivity index (χ1n) is 7.37. The van der Waals surface area contributed by atoms with Gasteiger partial charge < -0.3 is 20.7 Å². The number of aliphatic hydroxyl groups excluding tert-OH is 2. The minimum Gasteiger partial charge on any atom is -0.394 e. The highest BCUT2D eigenvalue weighted by Crippen LogP contribution is 2.30. The van der Waals surface area contributed by atoms with Crippen molar-refractivity contribution in [3.8, 4) is 11.4 Å². The summed E-state index contributed by atoms with van der Waals surface area (Å²) in [5.41, 5.74) is 4.70. The van der Waals surface area contributed by atoms with Crippen LogP contribution in [0.25, 0.3) is 11.4 Å². The number of hydrogen-bond donors (Lipinski definition) is 3. The highest BCUT2D eigenvalue weighted by molar-refractivity contribution is 5.98. The smallest absolute Gasteiger partial charge is 0.350 e. The van der Waals surface area contributed by atoms with Crippen LogP contribution in [-0.4, -0.2) is 55.6 Å². The number of pyridine rings is 1. The van der Waals surface area contributed by atoms with Crippen LogP contribution in [-0.2, 0) is 4.74 Å². The van der Waals surface area contributed by atoms with E-state index in [0.717, 1.165) is 4.57 Å². The molecule has 2 aromatic rings. The summed E-state index contributed by atoms with van der Waals surface area (Å²) in [7, 11) is 0. The fourth-order valence-electron chi connectivity index (χ4n) is 2.62. The molecule has 25 heavy (non-hydrogen) atoms. The molecule has 0 bridgehead atoms. The topological polar surface area (TPSA) is 141 Å². The van der Waals surface area contributed by atoms with Crippen LogP contribution in [0.2, 0.25) is 0 Å². The SMILES string of the molecule is NC(=O)c1cccnc1-c1ccn([C@H]2O[C@H](CO)[C@@H](O)[C@H]2F)c(=O)n1. The summed E-state index contributed by atoms with van der Waals surface area (Å²) in [6.45, 7) is -0.589. The zero-order valence-corrected chi connectivity index (χ0v) is 12.8. The van der Waals surface area contributed by atoms with Gasteiger partial charge in [-0.1, -0.05) is 0 Å². The van der Waals surface area contributed by atoms with E-state index in [9.17, 15) is 19.1 Å². The summed E-state index contributed by atoms with van der Waals surface area (Å²) in [6.07, 6.45) is -3.38. The molecule has 4 atom stereocenters. The van der Waals surface area contributed by atoms with Gasteiger partial charge in [-0.25, -0.2) is 9.18 Å². The fourth-order valence-corrected chi connectivity index (χ4v) is 2.62. The molecule has 0 spiro atoms. The number of nitrogens with two attached hydrogens (primary N) is 1. The Balaban J connectivity index is 1.98. The van der Waals surface area contributed by atoms with E-state index in [4.69, 9.17) is 15.6 Å². The lowest BCUT2D eigenvalue weighted by molar-refractivity contribution is -0.0491. The number of rotatable bonds is 4. The molecule has 1 saturated heterocycles. The van der Waals surface area contributed by atoms with Gasteiger partial charge in [-0.05, 0) is 18.2 Å². The number of halogens is 1. The predicted octanol–water partition coefficient (Wildman–Crippen LogP) is -1.01. The van der Waals surface area contributed by atoms with Crippen LogP contribution in [0, 0.1) is 0 Å².